The van der Waals surface area contributed by atoms with Crippen LogP contribution in [-0.4, -0.2) is 11.1 Å². The standard InChI is InChI=1S/C4H6O2.2BrH/c1-3(2)4(5)6;;/h1H2,2H3,(H,5,6);2*1H. The summed E-state index contributed by atoms with van der Waals surface area (Å²) in [5.41, 5.74) is 0.176. The minimum Gasteiger partial charge on any atom is -0.478 e. The third-order valence-corrected chi connectivity index (χ3v) is 0.365. The fourth-order valence-electron chi connectivity index (χ4n) is 0. The van der Waals surface area contributed by atoms with Crippen LogP contribution in [0, 0.1) is 0 Å². The van der Waals surface area contributed by atoms with Crippen LogP contribution >= 0.6 is 34.0 Å². The van der Waals surface area contributed by atoms with Gasteiger partial charge in [0, 0.05) is 5.57 Å². The molecule has 0 aromatic carbocycles. The van der Waals surface area contributed by atoms with Crippen molar-refractivity contribution in [1.82, 2.24) is 0 Å². The average Bonchev–Trinajstić information content (AvgIpc) is 1.36. The third-order valence-electron chi connectivity index (χ3n) is 0.365. The lowest BCUT2D eigenvalue weighted by molar-refractivity contribution is -0.132. The Bertz CT molecular complexity index is 78.0. The Hall–Kier alpha value is 0.170. The largest absolute Gasteiger partial charge is 0.478 e. The minimum absolute atomic E-state index is 0. The van der Waals surface area contributed by atoms with Crippen molar-refractivity contribution < 1.29 is 9.90 Å². The van der Waals surface area contributed by atoms with Gasteiger partial charge in [0.1, 0.15) is 0 Å². The van der Waals surface area contributed by atoms with Crippen LogP contribution in [0.5, 0.6) is 0 Å². The summed E-state index contributed by atoms with van der Waals surface area (Å²) in [6, 6.07) is 0. The fraction of sp³-hybridized carbons (Fsp3) is 0.250. The van der Waals surface area contributed by atoms with Gasteiger partial charge in [-0.15, -0.1) is 34.0 Å². The highest BCUT2D eigenvalue weighted by atomic mass is 79.9. The molecule has 0 amide bonds. The van der Waals surface area contributed by atoms with Crippen molar-refractivity contribution in [3.8, 4) is 0 Å². The van der Waals surface area contributed by atoms with E-state index in [1.807, 2.05) is 0 Å². The molecular formula is C4H8Br2O2. The van der Waals surface area contributed by atoms with Crippen LogP contribution in [0.25, 0.3) is 0 Å². The Morgan fingerprint density at radius 2 is 1.62 bits per heavy atom. The molecule has 0 saturated carbocycles. The number of carboxylic acid groups (broad SMARTS) is 1. The third kappa shape index (κ3) is 9.48. The molecule has 0 fully saturated rings. The maximum Gasteiger partial charge on any atom is 0.330 e. The lowest BCUT2D eigenvalue weighted by atomic mass is 10.4. The Labute approximate surface area is 69.1 Å². The normalized spacial score (nSPS) is 5.62. The van der Waals surface area contributed by atoms with Gasteiger partial charge in [0.2, 0.25) is 0 Å². The van der Waals surface area contributed by atoms with Crippen LogP contribution in [-0.2, 0) is 4.79 Å². The summed E-state index contributed by atoms with van der Waals surface area (Å²) < 4.78 is 0. The molecule has 0 aliphatic rings. The highest BCUT2D eigenvalue weighted by Crippen LogP contribution is 1.81. The van der Waals surface area contributed by atoms with Crippen molar-refractivity contribution in [3.05, 3.63) is 12.2 Å². The zero-order valence-corrected chi connectivity index (χ0v) is 7.81. The molecule has 0 aromatic heterocycles. The second kappa shape index (κ2) is 7.17. The number of carboxylic acids is 1. The molecule has 0 radical (unpaired) electrons. The molecular weight excluding hydrogens is 240 g/mol. The van der Waals surface area contributed by atoms with E-state index in [0.717, 1.165) is 0 Å². The maximum atomic E-state index is 9.60. The van der Waals surface area contributed by atoms with Gasteiger partial charge in [0.15, 0.2) is 0 Å². The molecule has 0 spiro atoms. The first-order chi connectivity index (χ1) is 2.64. The molecule has 0 atom stereocenters. The first kappa shape index (κ1) is 15.7. The van der Waals surface area contributed by atoms with Crippen molar-refractivity contribution >= 4 is 39.9 Å². The summed E-state index contributed by atoms with van der Waals surface area (Å²) in [5, 5.41) is 7.89. The van der Waals surface area contributed by atoms with E-state index in [0.29, 0.717) is 0 Å². The van der Waals surface area contributed by atoms with Gasteiger partial charge >= 0.3 is 5.97 Å². The highest BCUT2D eigenvalue weighted by Gasteiger charge is 1.90. The van der Waals surface area contributed by atoms with E-state index in [2.05, 4.69) is 6.58 Å². The van der Waals surface area contributed by atoms with Crippen LogP contribution in [0.15, 0.2) is 12.2 Å². The van der Waals surface area contributed by atoms with E-state index < -0.39 is 5.97 Å². The van der Waals surface area contributed by atoms with Crippen molar-refractivity contribution in [1.29, 1.82) is 0 Å². The first-order valence-corrected chi connectivity index (χ1v) is 1.53. The smallest absolute Gasteiger partial charge is 0.330 e. The summed E-state index contributed by atoms with van der Waals surface area (Å²) >= 11 is 0. The number of hydrogen-bond acceptors (Lipinski definition) is 1. The second-order valence-electron chi connectivity index (χ2n) is 1.09. The summed E-state index contributed by atoms with van der Waals surface area (Å²) in [5.74, 6) is -0.935. The number of carbonyl (C=O) groups is 1. The quantitative estimate of drug-likeness (QED) is 0.718. The van der Waals surface area contributed by atoms with E-state index in [1.54, 1.807) is 0 Å². The number of halogens is 2. The number of rotatable bonds is 1. The Kier molecular flexibility index (Phi) is 14.1. The molecule has 0 rings (SSSR count). The van der Waals surface area contributed by atoms with E-state index >= 15 is 0 Å². The summed E-state index contributed by atoms with van der Waals surface area (Å²) in [7, 11) is 0. The van der Waals surface area contributed by atoms with E-state index in [9.17, 15) is 4.79 Å². The molecule has 0 bridgehead atoms. The summed E-state index contributed by atoms with van der Waals surface area (Å²) in [6.45, 7) is 4.60. The topological polar surface area (TPSA) is 37.3 Å². The van der Waals surface area contributed by atoms with Crippen molar-refractivity contribution in [2.24, 2.45) is 0 Å². The van der Waals surface area contributed by atoms with Gasteiger partial charge < -0.3 is 5.11 Å². The Balaban J connectivity index is -0.000000125. The minimum atomic E-state index is -0.935. The van der Waals surface area contributed by atoms with Crippen LogP contribution in [0.3, 0.4) is 0 Å². The first-order valence-electron chi connectivity index (χ1n) is 1.53. The van der Waals surface area contributed by atoms with Gasteiger partial charge in [-0.3, -0.25) is 0 Å². The molecule has 0 unspecified atom stereocenters. The lowest BCUT2D eigenvalue weighted by Crippen LogP contribution is -1.92. The molecule has 1 N–H and O–H groups in total. The zero-order chi connectivity index (χ0) is 5.15. The van der Waals surface area contributed by atoms with E-state index in [1.165, 1.54) is 6.92 Å². The Morgan fingerprint density at radius 1 is 1.50 bits per heavy atom. The van der Waals surface area contributed by atoms with Gasteiger partial charge in [-0.25, -0.2) is 4.79 Å². The molecule has 4 heteroatoms. The molecule has 0 heterocycles. The molecule has 0 aromatic rings. The fourth-order valence-corrected chi connectivity index (χ4v) is 0. The van der Waals surface area contributed by atoms with Crippen LogP contribution < -0.4 is 0 Å². The van der Waals surface area contributed by atoms with Crippen LogP contribution in [0.2, 0.25) is 0 Å². The SMILES string of the molecule is Br.Br.C=C(C)C(=O)O. The monoisotopic (exact) mass is 246 g/mol. The maximum absolute atomic E-state index is 9.60. The van der Waals surface area contributed by atoms with Gasteiger partial charge in [-0.1, -0.05) is 6.58 Å². The second-order valence-corrected chi connectivity index (χ2v) is 1.09. The Morgan fingerprint density at radius 3 is 1.62 bits per heavy atom. The molecule has 2 nitrogen and oxygen atoms in total. The van der Waals surface area contributed by atoms with Crippen molar-refractivity contribution in [2.45, 2.75) is 6.92 Å². The summed E-state index contributed by atoms with van der Waals surface area (Å²) in [6.07, 6.45) is 0. The van der Waals surface area contributed by atoms with Gasteiger partial charge in [0.25, 0.3) is 0 Å². The predicted molar refractivity (Wildman–Crippen MR) is 43.1 cm³/mol. The number of aliphatic carboxylic acids is 1. The van der Waals surface area contributed by atoms with E-state index in [-0.39, 0.29) is 39.5 Å². The predicted octanol–water partition coefficient (Wildman–Crippen LogP) is 1.80. The number of hydrogen-bond donors (Lipinski definition) is 1. The zero-order valence-electron chi connectivity index (χ0n) is 4.38. The van der Waals surface area contributed by atoms with Crippen LogP contribution in [0.1, 0.15) is 6.92 Å². The van der Waals surface area contributed by atoms with Crippen LogP contribution in [0.4, 0.5) is 0 Å². The highest BCUT2D eigenvalue weighted by molar-refractivity contribution is 8.93. The molecule has 0 aliphatic heterocycles. The molecule has 50 valence electrons. The van der Waals surface area contributed by atoms with E-state index in [4.69, 9.17) is 5.11 Å². The molecule has 0 saturated heterocycles. The van der Waals surface area contributed by atoms with Gasteiger partial charge in [-0.2, -0.15) is 0 Å². The summed E-state index contributed by atoms with van der Waals surface area (Å²) in [4.78, 5) is 9.60. The van der Waals surface area contributed by atoms with Crippen molar-refractivity contribution in [2.75, 3.05) is 0 Å². The van der Waals surface area contributed by atoms with Gasteiger partial charge in [-0.05, 0) is 6.92 Å². The average molecular weight is 248 g/mol. The molecule has 0 aliphatic carbocycles. The van der Waals surface area contributed by atoms with Crippen molar-refractivity contribution in [3.63, 3.8) is 0 Å². The molecule has 8 heavy (non-hydrogen) atoms. The lowest BCUT2D eigenvalue weighted by Gasteiger charge is -1.79. The van der Waals surface area contributed by atoms with Gasteiger partial charge in [0.05, 0.1) is 0 Å².